The van der Waals surface area contributed by atoms with Crippen LogP contribution in [0.25, 0.3) is 0 Å². The molecule has 1 aromatic carbocycles. The van der Waals surface area contributed by atoms with E-state index in [4.69, 9.17) is 27.9 Å². The summed E-state index contributed by atoms with van der Waals surface area (Å²) < 4.78 is 6.27. The Morgan fingerprint density at radius 1 is 0.941 bits per heavy atom. The van der Waals surface area contributed by atoms with Crippen LogP contribution in [0.2, 0.25) is 5.02 Å². The van der Waals surface area contributed by atoms with E-state index in [9.17, 15) is 19.2 Å². The Hall–Kier alpha value is -3.04. The molecule has 0 radical (unpaired) electrons. The number of rotatable bonds is 9. The van der Waals surface area contributed by atoms with Crippen LogP contribution in [0.3, 0.4) is 0 Å². The monoisotopic (exact) mass is 510 g/mol. The highest BCUT2D eigenvalue weighted by molar-refractivity contribution is 6.30. The average Bonchev–Trinajstić information content (AvgIpc) is 2.76. The van der Waals surface area contributed by atoms with Crippen molar-refractivity contribution in [1.29, 1.82) is 0 Å². The molecule has 0 aliphatic carbocycles. The molecule has 0 unspecified atom stereocenters. The van der Waals surface area contributed by atoms with Crippen molar-refractivity contribution >= 4 is 41.1 Å². The number of amides is 3. The summed E-state index contributed by atoms with van der Waals surface area (Å²) in [6.45, 7) is 5.71. The molecule has 1 heterocycles. The number of aromatic nitrogens is 1. The van der Waals surface area contributed by atoms with Gasteiger partial charge in [-0.1, -0.05) is 23.7 Å². The molecular weight excluding hydrogens is 483 g/mol. The summed E-state index contributed by atoms with van der Waals surface area (Å²) in [6, 6.07) is 9.62. The van der Waals surface area contributed by atoms with E-state index >= 15 is 0 Å². The third-order valence-electron chi connectivity index (χ3n) is 4.40. The lowest BCUT2D eigenvalue weighted by atomic mass is 10.2. The zero-order chi connectivity index (χ0) is 25.3. The van der Waals surface area contributed by atoms with Gasteiger partial charge in [-0.2, -0.15) is 0 Å². The number of alkyl halides is 1. The Balaban J connectivity index is 2.03. The van der Waals surface area contributed by atoms with Crippen LogP contribution in [0.4, 0.5) is 4.79 Å². The molecule has 0 spiro atoms. The van der Waals surface area contributed by atoms with Crippen molar-refractivity contribution in [2.45, 2.75) is 39.5 Å². The summed E-state index contributed by atoms with van der Waals surface area (Å²) in [5.41, 5.74) is -0.503. The molecule has 11 heteroatoms. The van der Waals surface area contributed by atoms with Crippen molar-refractivity contribution in [2.24, 2.45) is 0 Å². The fourth-order valence-corrected chi connectivity index (χ4v) is 3.18. The van der Waals surface area contributed by atoms with Crippen molar-refractivity contribution in [2.75, 3.05) is 19.0 Å². The predicted molar refractivity (Wildman–Crippen MR) is 131 cm³/mol. The Bertz CT molecular complexity index is 1080. The van der Waals surface area contributed by atoms with Crippen LogP contribution in [0.1, 0.15) is 47.2 Å². The maximum absolute atomic E-state index is 12.9. The van der Waals surface area contributed by atoms with E-state index in [1.165, 1.54) is 12.1 Å². The maximum Gasteiger partial charge on any atom is 0.407 e. The second kappa shape index (κ2) is 12.4. The van der Waals surface area contributed by atoms with Gasteiger partial charge in [-0.05, 0) is 50.6 Å². The van der Waals surface area contributed by atoms with Gasteiger partial charge in [0.2, 0.25) is 0 Å². The lowest BCUT2D eigenvalue weighted by Gasteiger charge is -2.19. The molecule has 2 aromatic rings. The highest BCUT2D eigenvalue weighted by Crippen LogP contribution is 2.10. The van der Waals surface area contributed by atoms with Gasteiger partial charge in [-0.15, -0.1) is 11.6 Å². The molecule has 1 aromatic heterocycles. The van der Waals surface area contributed by atoms with Crippen molar-refractivity contribution in [3.8, 4) is 0 Å². The number of nitrogens with one attached hydrogen (secondary N) is 3. The smallest absolute Gasteiger partial charge is 0.407 e. The van der Waals surface area contributed by atoms with E-state index in [0.717, 1.165) is 10.1 Å². The highest BCUT2D eigenvalue weighted by Gasteiger charge is 2.19. The number of alkyl carbamates (subject to hydrolysis) is 1. The molecule has 0 atom stereocenters. The number of ether oxygens (including phenoxy) is 1. The third kappa shape index (κ3) is 8.39. The third-order valence-corrected chi connectivity index (χ3v) is 4.83. The number of carbonyl (C=O) groups excluding carboxylic acids is 3. The quantitative estimate of drug-likeness (QED) is 0.354. The van der Waals surface area contributed by atoms with Gasteiger partial charge in [0, 0.05) is 37.1 Å². The molecule has 0 saturated carbocycles. The van der Waals surface area contributed by atoms with Crippen LogP contribution < -0.4 is 21.5 Å². The molecule has 0 bridgehead atoms. The molecule has 0 fully saturated rings. The summed E-state index contributed by atoms with van der Waals surface area (Å²) in [7, 11) is 0. The first-order valence-electron chi connectivity index (χ1n) is 10.6. The van der Waals surface area contributed by atoms with Gasteiger partial charge >= 0.3 is 6.09 Å². The zero-order valence-corrected chi connectivity index (χ0v) is 20.8. The number of pyridine rings is 1. The van der Waals surface area contributed by atoms with E-state index in [1.54, 1.807) is 45.0 Å². The summed E-state index contributed by atoms with van der Waals surface area (Å²) >= 11 is 11.7. The first-order valence-corrected chi connectivity index (χ1v) is 11.5. The topological polar surface area (TPSA) is 119 Å². The van der Waals surface area contributed by atoms with Crippen LogP contribution in [-0.2, 0) is 17.8 Å². The number of benzene rings is 1. The first kappa shape index (κ1) is 27.2. The number of hydrogen-bond acceptors (Lipinski definition) is 5. The molecule has 0 aliphatic heterocycles. The van der Waals surface area contributed by atoms with Crippen molar-refractivity contribution < 1.29 is 19.1 Å². The molecule has 3 amide bonds. The minimum Gasteiger partial charge on any atom is -0.444 e. The first-order chi connectivity index (χ1) is 16.0. The molecule has 3 N–H and O–H groups in total. The van der Waals surface area contributed by atoms with E-state index in [-0.39, 0.29) is 43.3 Å². The molecule has 34 heavy (non-hydrogen) atoms. The molecule has 2 rings (SSSR count). The summed E-state index contributed by atoms with van der Waals surface area (Å²) in [4.78, 5) is 49.8. The lowest BCUT2D eigenvalue weighted by Crippen LogP contribution is -2.40. The van der Waals surface area contributed by atoms with Crippen LogP contribution in [0, 0.1) is 0 Å². The summed E-state index contributed by atoms with van der Waals surface area (Å²) in [5, 5.41) is 8.40. The van der Waals surface area contributed by atoms with Gasteiger partial charge in [0.05, 0.1) is 0 Å². The maximum atomic E-state index is 12.9. The molecule has 184 valence electrons. The van der Waals surface area contributed by atoms with Gasteiger partial charge in [0.15, 0.2) is 0 Å². The summed E-state index contributed by atoms with van der Waals surface area (Å²) in [5.74, 6) is -1.05. The normalized spacial score (nSPS) is 11.0. The highest BCUT2D eigenvalue weighted by atomic mass is 35.5. The Labute approximate surface area is 207 Å². The van der Waals surface area contributed by atoms with E-state index in [1.807, 2.05) is 0 Å². The second-order valence-electron chi connectivity index (χ2n) is 8.27. The van der Waals surface area contributed by atoms with Crippen molar-refractivity contribution in [3.05, 3.63) is 68.6 Å². The number of nitrogens with zero attached hydrogens (tertiary/aromatic N) is 1. The Kier molecular flexibility index (Phi) is 9.95. The Morgan fingerprint density at radius 3 is 2.21 bits per heavy atom. The molecule has 9 nitrogen and oxygen atoms in total. The SMILES string of the molecule is CC(C)(C)OC(=O)NCCNC(=O)c1ccc(C(=O)NCc2ccc(Cl)cc2)c(=O)n1CCCl. The number of carbonyl (C=O) groups is 3. The van der Waals surface area contributed by atoms with E-state index in [0.29, 0.717) is 5.02 Å². The van der Waals surface area contributed by atoms with Gasteiger partial charge in [0.25, 0.3) is 17.4 Å². The minimum absolute atomic E-state index is 0.0393. The fourth-order valence-electron chi connectivity index (χ4n) is 2.88. The van der Waals surface area contributed by atoms with Crippen molar-refractivity contribution in [3.63, 3.8) is 0 Å². The van der Waals surface area contributed by atoms with Gasteiger partial charge in [0.1, 0.15) is 16.9 Å². The van der Waals surface area contributed by atoms with Gasteiger partial charge < -0.3 is 25.3 Å². The van der Waals surface area contributed by atoms with Crippen LogP contribution >= 0.6 is 23.2 Å². The Morgan fingerprint density at radius 2 is 1.59 bits per heavy atom. The van der Waals surface area contributed by atoms with Crippen LogP contribution in [0.15, 0.2) is 41.2 Å². The standard InChI is InChI=1S/C23H28Cl2N4O5/c1-23(2,3)34-22(33)27-12-11-26-20(31)18-9-8-17(21(32)29(18)13-10-24)19(30)28-14-15-4-6-16(25)7-5-15/h4-9H,10-14H2,1-3H3,(H,26,31)(H,27,33)(H,28,30). The molecule has 0 saturated heterocycles. The van der Waals surface area contributed by atoms with Crippen LogP contribution in [0.5, 0.6) is 0 Å². The molecule has 0 aliphatic rings. The number of hydrogen-bond donors (Lipinski definition) is 3. The zero-order valence-electron chi connectivity index (χ0n) is 19.2. The fraction of sp³-hybridized carbons (Fsp3) is 0.391. The van der Waals surface area contributed by atoms with E-state index in [2.05, 4.69) is 16.0 Å². The van der Waals surface area contributed by atoms with Gasteiger partial charge in [-0.25, -0.2) is 4.79 Å². The largest absolute Gasteiger partial charge is 0.444 e. The van der Waals surface area contributed by atoms with Gasteiger partial charge in [-0.3, -0.25) is 14.4 Å². The van der Waals surface area contributed by atoms with Crippen molar-refractivity contribution in [1.82, 2.24) is 20.5 Å². The number of halogens is 2. The molecular formula is C23H28Cl2N4O5. The second-order valence-corrected chi connectivity index (χ2v) is 9.09. The summed E-state index contributed by atoms with van der Waals surface area (Å²) in [6.07, 6.45) is -0.602. The average molecular weight is 511 g/mol. The minimum atomic E-state index is -0.631. The predicted octanol–water partition coefficient (Wildman–Crippen LogP) is 2.93. The lowest BCUT2D eigenvalue weighted by molar-refractivity contribution is 0.0526. The van der Waals surface area contributed by atoms with Crippen LogP contribution in [-0.4, -0.2) is 47.0 Å². The van der Waals surface area contributed by atoms with E-state index < -0.39 is 29.1 Å².